The molecule has 0 bridgehead atoms. The minimum absolute atomic E-state index is 0.0683. The molecule has 0 amide bonds. The number of ether oxygens (including phenoxy) is 1. The fraction of sp³-hybridized carbons (Fsp3) is 0.423. The molecule has 4 nitrogen and oxygen atoms in total. The van der Waals surface area contributed by atoms with Crippen LogP contribution in [0.4, 0.5) is 5.69 Å². The van der Waals surface area contributed by atoms with Gasteiger partial charge < -0.3 is 15.4 Å². The van der Waals surface area contributed by atoms with Gasteiger partial charge in [0.05, 0.1) is 7.11 Å². The molecule has 2 aliphatic heterocycles. The fourth-order valence-electron chi connectivity index (χ4n) is 4.64. The zero-order chi connectivity index (χ0) is 21.4. The molecule has 2 unspecified atom stereocenters. The Morgan fingerprint density at radius 3 is 2.67 bits per heavy atom. The van der Waals surface area contributed by atoms with Crippen molar-refractivity contribution in [1.29, 1.82) is 0 Å². The Bertz CT molecular complexity index is 1020. The number of anilines is 1. The van der Waals surface area contributed by atoms with Gasteiger partial charge in [0.15, 0.2) is 0 Å². The van der Waals surface area contributed by atoms with Crippen molar-refractivity contribution in [2.45, 2.75) is 58.9 Å². The third-order valence-electron chi connectivity index (χ3n) is 6.36. The number of nitrogens with one attached hydrogen (secondary N) is 2. The summed E-state index contributed by atoms with van der Waals surface area (Å²) in [6.45, 7) is 14.2. The topological polar surface area (TPSA) is 56.1 Å². The summed E-state index contributed by atoms with van der Waals surface area (Å²) in [6.07, 6.45) is 4.93. The van der Waals surface area contributed by atoms with Crippen LogP contribution in [0.5, 0.6) is 5.75 Å². The molecule has 2 N–H and O–H groups in total. The Labute approximate surface area is 180 Å². The molecule has 2 atom stereocenters. The van der Waals surface area contributed by atoms with Crippen LogP contribution in [0.2, 0.25) is 0 Å². The quantitative estimate of drug-likeness (QED) is 0.574. The first kappa shape index (κ1) is 20.7. The van der Waals surface area contributed by atoms with E-state index in [0.717, 1.165) is 37.1 Å². The van der Waals surface area contributed by atoms with Crippen molar-refractivity contribution in [3.05, 3.63) is 75.8 Å². The molecular formula is C26H33N3O. The number of aromatic nitrogens is 1. The second kappa shape index (κ2) is 8.27. The van der Waals surface area contributed by atoms with Crippen LogP contribution in [0, 0.1) is 6.92 Å². The van der Waals surface area contributed by atoms with E-state index in [0.29, 0.717) is 6.04 Å². The van der Waals surface area contributed by atoms with Crippen LogP contribution in [-0.4, -0.2) is 18.6 Å². The number of allylic oxidation sites excluding steroid dienone is 3. The normalized spacial score (nSPS) is 19.9. The Hall–Kier alpha value is -2.59. The van der Waals surface area contributed by atoms with E-state index in [1.54, 1.807) is 7.11 Å². The van der Waals surface area contributed by atoms with Crippen LogP contribution >= 0.6 is 0 Å². The molecule has 4 rings (SSSR count). The molecule has 1 fully saturated rings. The largest absolute Gasteiger partial charge is 0.496 e. The third kappa shape index (κ3) is 3.54. The average Bonchev–Trinajstić information content (AvgIpc) is 3.59. The Morgan fingerprint density at radius 1 is 1.27 bits per heavy atom. The molecule has 0 radical (unpaired) electrons. The summed E-state index contributed by atoms with van der Waals surface area (Å²) in [5, 5.41) is 7.09. The van der Waals surface area contributed by atoms with Gasteiger partial charge in [0, 0.05) is 52.9 Å². The van der Waals surface area contributed by atoms with Crippen molar-refractivity contribution in [3.8, 4) is 5.75 Å². The lowest BCUT2D eigenvalue weighted by Gasteiger charge is -2.35. The fourth-order valence-corrected chi connectivity index (χ4v) is 4.64. The summed E-state index contributed by atoms with van der Waals surface area (Å²) in [6, 6.07) is 7.15. The average molecular weight is 404 g/mol. The highest BCUT2D eigenvalue weighted by atomic mass is 16.5. The molecule has 4 heteroatoms. The standard InChI is InChI=1S/C26H33N3O/c1-7-9-20-25-24(19-11-10-18(21-14-28-21)12-22(19)30-6)23(15(3)8-2)17(5)29-26(25)16(4)13-27-20/h10-13,21,24,28-29H,3,7-9,14H2,1-2,4-6H3. The summed E-state index contributed by atoms with van der Waals surface area (Å²) in [5.74, 6) is 1.01. The van der Waals surface area contributed by atoms with Crippen molar-refractivity contribution in [1.82, 2.24) is 10.3 Å². The maximum absolute atomic E-state index is 5.94. The van der Waals surface area contributed by atoms with E-state index in [-0.39, 0.29) is 5.92 Å². The van der Waals surface area contributed by atoms with Crippen molar-refractivity contribution >= 4 is 5.69 Å². The van der Waals surface area contributed by atoms with Crippen LogP contribution in [0.15, 0.2) is 47.8 Å². The summed E-state index contributed by atoms with van der Waals surface area (Å²) >= 11 is 0. The zero-order valence-electron chi connectivity index (χ0n) is 18.9. The van der Waals surface area contributed by atoms with Crippen molar-refractivity contribution in [2.24, 2.45) is 0 Å². The van der Waals surface area contributed by atoms with Crippen LogP contribution < -0.4 is 15.4 Å². The van der Waals surface area contributed by atoms with Crippen LogP contribution in [0.25, 0.3) is 0 Å². The van der Waals surface area contributed by atoms with E-state index >= 15 is 0 Å². The maximum Gasteiger partial charge on any atom is 0.123 e. The minimum atomic E-state index is 0.0683. The lowest BCUT2D eigenvalue weighted by atomic mass is 9.75. The summed E-state index contributed by atoms with van der Waals surface area (Å²) in [5.41, 5.74) is 10.9. The van der Waals surface area contributed by atoms with E-state index in [1.165, 1.54) is 44.9 Å². The Balaban J connectivity index is 1.98. The monoisotopic (exact) mass is 403 g/mol. The predicted octanol–water partition coefficient (Wildman–Crippen LogP) is 5.79. The summed E-state index contributed by atoms with van der Waals surface area (Å²) in [4.78, 5) is 4.87. The number of pyridine rings is 1. The molecule has 1 saturated heterocycles. The van der Waals surface area contributed by atoms with E-state index in [4.69, 9.17) is 9.72 Å². The van der Waals surface area contributed by atoms with Gasteiger partial charge in [0.25, 0.3) is 0 Å². The van der Waals surface area contributed by atoms with E-state index in [2.05, 4.69) is 63.1 Å². The number of hydrogen-bond donors (Lipinski definition) is 2. The summed E-state index contributed by atoms with van der Waals surface area (Å²) < 4.78 is 5.94. The molecule has 1 aromatic heterocycles. The number of aryl methyl sites for hydroxylation is 2. The lowest BCUT2D eigenvalue weighted by Crippen LogP contribution is -2.22. The predicted molar refractivity (Wildman–Crippen MR) is 124 cm³/mol. The molecule has 0 aliphatic carbocycles. The third-order valence-corrected chi connectivity index (χ3v) is 6.36. The lowest BCUT2D eigenvalue weighted by molar-refractivity contribution is 0.408. The van der Waals surface area contributed by atoms with Crippen molar-refractivity contribution in [2.75, 3.05) is 19.0 Å². The number of hydrogen-bond acceptors (Lipinski definition) is 4. The SMILES string of the molecule is C=C(CC)C1=C(C)Nc2c(C)cnc(CCC)c2C1c1ccc(C2CN2)cc1OC. The van der Waals surface area contributed by atoms with Crippen LogP contribution in [0.3, 0.4) is 0 Å². The van der Waals surface area contributed by atoms with Gasteiger partial charge in [-0.25, -0.2) is 0 Å². The minimum Gasteiger partial charge on any atom is -0.496 e. The maximum atomic E-state index is 5.94. The molecule has 1 aromatic carbocycles. The zero-order valence-corrected chi connectivity index (χ0v) is 18.9. The number of methoxy groups -OCH3 is 1. The Morgan fingerprint density at radius 2 is 2.03 bits per heavy atom. The van der Waals surface area contributed by atoms with Gasteiger partial charge in [-0.05, 0) is 55.0 Å². The second-order valence-corrected chi connectivity index (χ2v) is 8.44. The van der Waals surface area contributed by atoms with Gasteiger partial charge in [0.1, 0.15) is 5.75 Å². The van der Waals surface area contributed by atoms with Crippen LogP contribution in [-0.2, 0) is 6.42 Å². The van der Waals surface area contributed by atoms with Gasteiger partial charge in [-0.15, -0.1) is 0 Å². The molecule has 30 heavy (non-hydrogen) atoms. The van der Waals surface area contributed by atoms with E-state index in [9.17, 15) is 0 Å². The number of rotatable bonds is 7. The molecule has 2 aliphatic rings. The highest BCUT2D eigenvalue weighted by molar-refractivity contribution is 5.73. The molecule has 158 valence electrons. The van der Waals surface area contributed by atoms with E-state index in [1.807, 2.05) is 6.20 Å². The first-order chi connectivity index (χ1) is 14.5. The van der Waals surface area contributed by atoms with Gasteiger partial charge in [-0.1, -0.05) is 39.0 Å². The molecule has 2 aromatic rings. The van der Waals surface area contributed by atoms with Gasteiger partial charge in [-0.3, -0.25) is 4.98 Å². The molecule has 3 heterocycles. The molecule has 0 spiro atoms. The first-order valence-corrected chi connectivity index (χ1v) is 11.1. The highest BCUT2D eigenvalue weighted by Crippen LogP contribution is 2.49. The van der Waals surface area contributed by atoms with E-state index < -0.39 is 0 Å². The van der Waals surface area contributed by atoms with Gasteiger partial charge in [-0.2, -0.15) is 0 Å². The number of nitrogens with zero attached hydrogens (tertiary/aromatic N) is 1. The number of benzene rings is 1. The first-order valence-electron chi connectivity index (χ1n) is 11.1. The van der Waals surface area contributed by atoms with Gasteiger partial charge in [0.2, 0.25) is 0 Å². The number of fused-ring (bicyclic) bond motifs is 1. The Kier molecular flexibility index (Phi) is 5.70. The second-order valence-electron chi connectivity index (χ2n) is 8.44. The highest BCUT2D eigenvalue weighted by Gasteiger charge is 2.34. The van der Waals surface area contributed by atoms with Crippen LogP contribution in [0.1, 0.15) is 73.5 Å². The smallest absolute Gasteiger partial charge is 0.123 e. The molecule has 0 saturated carbocycles. The van der Waals surface area contributed by atoms with Crippen molar-refractivity contribution in [3.63, 3.8) is 0 Å². The summed E-state index contributed by atoms with van der Waals surface area (Å²) in [7, 11) is 1.78. The molecular weight excluding hydrogens is 370 g/mol. The van der Waals surface area contributed by atoms with Crippen molar-refractivity contribution < 1.29 is 4.74 Å². The van der Waals surface area contributed by atoms with Gasteiger partial charge >= 0.3 is 0 Å².